The van der Waals surface area contributed by atoms with Crippen LogP contribution in [-0.4, -0.2) is 28.2 Å². The normalized spacial score (nSPS) is 20.2. The molecular formula is C13H18O4S. The molecule has 5 heteroatoms. The molecule has 1 fully saturated rings. The zero-order chi connectivity index (χ0) is 13.0. The predicted molar refractivity (Wildman–Crippen MR) is 67.9 cm³/mol. The van der Waals surface area contributed by atoms with E-state index in [9.17, 15) is 8.42 Å². The maximum Gasteiger partial charge on any atom is 0.296 e. The molecular weight excluding hydrogens is 252 g/mol. The fourth-order valence-corrected chi connectivity index (χ4v) is 2.83. The maximum atomic E-state index is 11.9. The standard InChI is InChI=1S/C13H18O4S/c1-11-2-4-13(5-3-11)18(14,15)17-9-7-12-6-8-16-10-12/h2-5,12H,6-10H2,1H3/t12-/m0/s1. The van der Waals surface area contributed by atoms with Crippen LogP contribution < -0.4 is 0 Å². The van der Waals surface area contributed by atoms with Crippen molar-refractivity contribution in [2.75, 3.05) is 19.8 Å². The minimum absolute atomic E-state index is 0.218. The predicted octanol–water partition coefficient (Wildman–Crippen LogP) is 2.13. The van der Waals surface area contributed by atoms with E-state index in [1.165, 1.54) is 0 Å². The summed E-state index contributed by atoms with van der Waals surface area (Å²) in [5, 5.41) is 0. The Morgan fingerprint density at radius 3 is 2.67 bits per heavy atom. The Bertz CT molecular complexity index is 472. The van der Waals surface area contributed by atoms with Crippen LogP contribution in [0, 0.1) is 12.8 Å². The second-order valence-electron chi connectivity index (χ2n) is 4.61. The molecule has 0 bridgehead atoms. The highest BCUT2D eigenvalue weighted by molar-refractivity contribution is 7.86. The van der Waals surface area contributed by atoms with Gasteiger partial charge in [-0.1, -0.05) is 17.7 Å². The van der Waals surface area contributed by atoms with Crippen molar-refractivity contribution in [2.24, 2.45) is 5.92 Å². The Morgan fingerprint density at radius 1 is 1.33 bits per heavy atom. The quantitative estimate of drug-likeness (QED) is 0.769. The fourth-order valence-electron chi connectivity index (χ4n) is 1.91. The van der Waals surface area contributed by atoms with Crippen LogP contribution in [-0.2, 0) is 19.0 Å². The fraction of sp³-hybridized carbons (Fsp3) is 0.538. The van der Waals surface area contributed by atoms with Gasteiger partial charge in [0.05, 0.1) is 11.5 Å². The molecule has 0 aromatic heterocycles. The summed E-state index contributed by atoms with van der Waals surface area (Å²) in [6.07, 6.45) is 1.72. The van der Waals surface area contributed by atoms with Gasteiger partial charge >= 0.3 is 0 Å². The Hall–Kier alpha value is -0.910. The van der Waals surface area contributed by atoms with E-state index in [4.69, 9.17) is 8.92 Å². The summed E-state index contributed by atoms with van der Waals surface area (Å²) in [6.45, 7) is 3.63. The lowest BCUT2D eigenvalue weighted by Gasteiger charge is -2.08. The molecule has 1 aliphatic heterocycles. The van der Waals surface area contributed by atoms with Gasteiger partial charge < -0.3 is 4.74 Å². The summed E-state index contributed by atoms with van der Waals surface area (Å²) < 4.78 is 34.0. The Morgan fingerprint density at radius 2 is 2.06 bits per heavy atom. The minimum atomic E-state index is -3.61. The largest absolute Gasteiger partial charge is 0.381 e. The minimum Gasteiger partial charge on any atom is -0.381 e. The van der Waals surface area contributed by atoms with E-state index in [1.807, 2.05) is 6.92 Å². The van der Waals surface area contributed by atoms with E-state index in [0.29, 0.717) is 12.5 Å². The van der Waals surface area contributed by atoms with Crippen molar-refractivity contribution in [1.29, 1.82) is 0 Å². The maximum absolute atomic E-state index is 11.9. The van der Waals surface area contributed by atoms with Crippen LogP contribution in [0.15, 0.2) is 29.2 Å². The van der Waals surface area contributed by atoms with Gasteiger partial charge in [-0.25, -0.2) is 0 Å². The number of aryl methyl sites for hydroxylation is 1. The van der Waals surface area contributed by atoms with E-state index in [0.717, 1.165) is 25.0 Å². The summed E-state index contributed by atoms with van der Waals surface area (Å²) in [5.74, 6) is 0.429. The molecule has 0 unspecified atom stereocenters. The molecule has 0 aliphatic carbocycles. The molecule has 18 heavy (non-hydrogen) atoms. The third-order valence-corrected chi connectivity index (χ3v) is 4.42. The molecule has 1 heterocycles. The van der Waals surface area contributed by atoms with Crippen LogP contribution >= 0.6 is 0 Å². The first-order chi connectivity index (χ1) is 8.58. The van der Waals surface area contributed by atoms with Crippen LogP contribution in [0.5, 0.6) is 0 Å². The van der Waals surface area contributed by atoms with Gasteiger partial charge in [0.15, 0.2) is 0 Å². The second kappa shape index (κ2) is 5.82. The first kappa shape index (κ1) is 13.5. The second-order valence-corrected chi connectivity index (χ2v) is 6.22. The van der Waals surface area contributed by atoms with Crippen molar-refractivity contribution < 1.29 is 17.3 Å². The molecule has 0 radical (unpaired) electrons. The average molecular weight is 270 g/mol. The van der Waals surface area contributed by atoms with Gasteiger partial charge in [0, 0.05) is 13.2 Å². The van der Waals surface area contributed by atoms with Gasteiger partial charge in [0.2, 0.25) is 0 Å². The van der Waals surface area contributed by atoms with Crippen LogP contribution in [0.25, 0.3) is 0 Å². The highest BCUT2D eigenvalue weighted by Crippen LogP contribution is 2.18. The van der Waals surface area contributed by atoms with Crippen molar-refractivity contribution >= 4 is 10.1 Å². The lowest BCUT2D eigenvalue weighted by Crippen LogP contribution is -2.11. The SMILES string of the molecule is Cc1ccc(S(=O)(=O)OCC[C@@H]2CCOC2)cc1. The zero-order valence-corrected chi connectivity index (χ0v) is 11.3. The molecule has 100 valence electrons. The van der Waals surface area contributed by atoms with E-state index < -0.39 is 10.1 Å². The van der Waals surface area contributed by atoms with E-state index in [1.54, 1.807) is 24.3 Å². The molecule has 2 rings (SSSR count). The Kier molecular flexibility index (Phi) is 4.37. The molecule has 1 atom stereocenters. The van der Waals surface area contributed by atoms with Crippen molar-refractivity contribution in [3.63, 3.8) is 0 Å². The van der Waals surface area contributed by atoms with Gasteiger partial charge in [-0.2, -0.15) is 8.42 Å². The van der Waals surface area contributed by atoms with Gasteiger partial charge in [-0.3, -0.25) is 4.18 Å². The molecule has 1 saturated heterocycles. The Balaban J connectivity index is 1.88. The number of hydrogen-bond donors (Lipinski definition) is 0. The summed E-state index contributed by atoms with van der Waals surface area (Å²) in [7, 11) is -3.61. The number of rotatable bonds is 5. The van der Waals surface area contributed by atoms with Crippen LogP contribution in [0.2, 0.25) is 0 Å². The lowest BCUT2D eigenvalue weighted by molar-refractivity contribution is 0.178. The summed E-state index contributed by atoms with van der Waals surface area (Å²) >= 11 is 0. The molecule has 1 aliphatic rings. The number of ether oxygens (including phenoxy) is 1. The van der Waals surface area contributed by atoms with Gasteiger partial charge in [-0.15, -0.1) is 0 Å². The average Bonchev–Trinajstić information content (AvgIpc) is 2.82. The highest BCUT2D eigenvalue weighted by atomic mass is 32.2. The van der Waals surface area contributed by atoms with E-state index in [2.05, 4.69) is 0 Å². The number of benzene rings is 1. The molecule has 0 saturated carbocycles. The molecule has 0 N–H and O–H groups in total. The van der Waals surface area contributed by atoms with Crippen LogP contribution in [0.3, 0.4) is 0 Å². The Labute approximate surface area is 108 Å². The topological polar surface area (TPSA) is 52.6 Å². The van der Waals surface area contributed by atoms with Crippen molar-refractivity contribution in [2.45, 2.75) is 24.7 Å². The van der Waals surface area contributed by atoms with E-state index in [-0.39, 0.29) is 11.5 Å². The third kappa shape index (κ3) is 3.54. The molecule has 1 aromatic rings. The summed E-state index contributed by atoms with van der Waals surface area (Å²) in [4.78, 5) is 0.218. The number of hydrogen-bond acceptors (Lipinski definition) is 4. The summed E-state index contributed by atoms with van der Waals surface area (Å²) in [5.41, 5.74) is 1.03. The lowest BCUT2D eigenvalue weighted by atomic mass is 10.1. The van der Waals surface area contributed by atoms with Crippen molar-refractivity contribution in [3.8, 4) is 0 Å². The van der Waals surface area contributed by atoms with Gasteiger partial charge in [-0.05, 0) is 37.8 Å². The van der Waals surface area contributed by atoms with Crippen LogP contribution in [0.1, 0.15) is 18.4 Å². The van der Waals surface area contributed by atoms with Crippen LogP contribution in [0.4, 0.5) is 0 Å². The summed E-state index contributed by atoms with van der Waals surface area (Å²) in [6, 6.07) is 6.68. The first-order valence-corrected chi connectivity index (χ1v) is 7.52. The zero-order valence-electron chi connectivity index (χ0n) is 10.5. The molecule has 1 aromatic carbocycles. The monoisotopic (exact) mass is 270 g/mol. The van der Waals surface area contributed by atoms with E-state index >= 15 is 0 Å². The van der Waals surface area contributed by atoms with Gasteiger partial charge in [0.1, 0.15) is 0 Å². The third-order valence-electron chi connectivity index (χ3n) is 3.10. The first-order valence-electron chi connectivity index (χ1n) is 6.12. The smallest absolute Gasteiger partial charge is 0.296 e. The highest BCUT2D eigenvalue weighted by Gasteiger charge is 2.18. The van der Waals surface area contributed by atoms with Gasteiger partial charge in [0.25, 0.3) is 10.1 Å². The molecule has 4 nitrogen and oxygen atoms in total. The molecule has 0 spiro atoms. The molecule has 0 amide bonds. The van der Waals surface area contributed by atoms with Crippen molar-refractivity contribution in [1.82, 2.24) is 0 Å². The van der Waals surface area contributed by atoms with Crippen molar-refractivity contribution in [3.05, 3.63) is 29.8 Å².